The summed E-state index contributed by atoms with van der Waals surface area (Å²) in [6.07, 6.45) is 0. The van der Waals surface area contributed by atoms with Crippen LogP contribution in [0.1, 0.15) is 30.0 Å². The number of ether oxygens (including phenoxy) is 1. The fourth-order valence-corrected chi connectivity index (χ4v) is 4.16. The van der Waals surface area contributed by atoms with Gasteiger partial charge in [-0.2, -0.15) is 4.98 Å². The topological polar surface area (TPSA) is 80.5 Å². The molecule has 1 N–H and O–H groups in total. The number of nitrogens with one attached hydrogen (secondary N) is 1. The molecule has 0 bridgehead atoms. The van der Waals surface area contributed by atoms with Gasteiger partial charge in [0.05, 0.1) is 25.3 Å². The number of urea groups is 1. The van der Waals surface area contributed by atoms with Crippen LogP contribution in [-0.4, -0.2) is 28.2 Å². The van der Waals surface area contributed by atoms with Crippen molar-refractivity contribution < 1.29 is 18.4 Å². The highest BCUT2D eigenvalue weighted by Gasteiger charge is 2.36. The first-order valence-corrected chi connectivity index (χ1v) is 11.1. The molecule has 5 rings (SSSR count). The first kappa shape index (κ1) is 22.3. The molecule has 1 aliphatic rings. The fourth-order valence-electron chi connectivity index (χ4n) is 4.16. The van der Waals surface area contributed by atoms with Crippen molar-refractivity contribution in [1.82, 2.24) is 20.4 Å². The molecule has 176 valence electrons. The molecular formula is C27H23FN4O3. The van der Waals surface area contributed by atoms with Gasteiger partial charge in [0.15, 0.2) is 0 Å². The standard InChI is InChI=1S/C27H23FN4O3/c1-17-23(26-30-25(31-35-26)20-11-6-12-21(28)14-20)24(19-10-7-13-22(15-19)34-2)29-27(33)32(17)16-18-8-4-3-5-9-18/h3-15,24H,16H2,1-2H3,(H,29,33). The Labute approximate surface area is 201 Å². The molecular weight excluding hydrogens is 447 g/mol. The Balaban J connectivity index is 1.61. The summed E-state index contributed by atoms with van der Waals surface area (Å²) in [6, 6.07) is 22.4. The van der Waals surface area contributed by atoms with Gasteiger partial charge in [0.25, 0.3) is 5.89 Å². The van der Waals surface area contributed by atoms with E-state index in [4.69, 9.17) is 9.26 Å². The second-order valence-corrected chi connectivity index (χ2v) is 8.16. The third-order valence-electron chi connectivity index (χ3n) is 5.95. The number of halogens is 1. The molecule has 2 amide bonds. The summed E-state index contributed by atoms with van der Waals surface area (Å²) in [6.45, 7) is 2.23. The first-order chi connectivity index (χ1) is 17.0. The molecule has 1 unspecified atom stereocenters. The zero-order valence-electron chi connectivity index (χ0n) is 19.2. The number of carbonyl (C=O) groups excluding carboxylic acids is 1. The highest BCUT2D eigenvalue weighted by molar-refractivity contribution is 5.87. The van der Waals surface area contributed by atoms with Crippen molar-refractivity contribution in [2.75, 3.05) is 7.11 Å². The van der Waals surface area contributed by atoms with Gasteiger partial charge >= 0.3 is 6.03 Å². The van der Waals surface area contributed by atoms with Crippen LogP contribution < -0.4 is 10.1 Å². The maximum absolute atomic E-state index is 13.8. The van der Waals surface area contributed by atoms with Crippen LogP contribution in [0.15, 0.2) is 89.1 Å². The number of nitrogens with zero attached hydrogens (tertiary/aromatic N) is 3. The highest BCUT2D eigenvalue weighted by Crippen LogP contribution is 2.38. The summed E-state index contributed by atoms with van der Waals surface area (Å²) < 4.78 is 24.8. The number of aromatic nitrogens is 2. The zero-order valence-corrected chi connectivity index (χ0v) is 19.2. The second kappa shape index (κ2) is 9.42. The average molecular weight is 471 g/mol. The summed E-state index contributed by atoms with van der Waals surface area (Å²) in [5.41, 5.74) is 3.62. The van der Waals surface area contributed by atoms with E-state index in [9.17, 15) is 9.18 Å². The van der Waals surface area contributed by atoms with Gasteiger partial charge in [-0.05, 0) is 42.3 Å². The summed E-state index contributed by atoms with van der Waals surface area (Å²) in [4.78, 5) is 19.4. The van der Waals surface area contributed by atoms with Crippen molar-refractivity contribution in [3.8, 4) is 17.1 Å². The molecule has 4 aromatic rings. The smallest absolute Gasteiger partial charge is 0.322 e. The minimum Gasteiger partial charge on any atom is -0.497 e. The van der Waals surface area contributed by atoms with E-state index in [1.165, 1.54) is 12.1 Å². The number of allylic oxidation sites excluding steroid dienone is 1. The van der Waals surface area contributed by atoms with Gasteiger partial charge in [-0.25, -0.2) is 9.18 Å². The van der Waals surface area contributed by atoms with Crippen molar-refractivity contribution in [3.05, 3.63) is 107 Å². The number of rotatable bonds is 6. The second-order valence-electron chi connectivity index (χ2n) is 8.16. The fraction of sp³-hybridized carbons (Fsp3) is 0.148. The monoisotopic (exact) mass is 470 g/mol. The molecule has 1 aromatic heterocycles. The Morgan fingerprint density at radius 3 is 2.63 bits per heavy atom. The molecule has 1 aliphatic heterocycles. The van der Waals surface area contributed by atoms with E-state index in [0.717, 1.165) is 11.1 Å². The largest absolute Gasteiger partial charge is 0.497 e. The maximum Gasteiger partial charge on any atom is 0.322 e. The number of benzene rings is 3. The van der Waals surface area contributed by atoms with Crippen molar-refractivity contribution in [1.29, 1.82) is 0 Å². The number of methoxy groups -OCH3 is 1. The van der Waals surface area contributed by atoms with Crippen LogP contribution in [0.2, 0.25) is 0 Å². The number of carbonyl (C=O) groups is 1. The van der Waals surface area contributed by atoms with Crippen LogP contribution in [0.3, 0.4) is 0 Å². The average Bonchev–Trinajstić information content (AvgIpc) is 3.37. The van der Waals surface area contributed by atoms with Gasteiger partial charge in [0.1, 0.15) is 11.6 Å². The van der Waals surface area contributed by atoms with Crippen LogP contribution >= 0.6 is 0 Å². The summed E-state index contributed by atoms with van der Waals surface area (Å²) >= 11 is 0. The number of hydrogen-bond acceptors (Lipinski definition) is 5. The normalized spacial score (nSPS) is 15.8. The lowest BCUT2D eigenvalue weighted by atomic mass is 9.94. The van der Waals surface area contributed by atoms with E-state index < -0.39 is 11.9 Å². The van der Waals surface area contributed by atoms with E-state index in [2.05, 4.69) is 15.5 Å². The lowest BCUT2D eigenvalue weighted by Crippen LogP contribution is -2.45. The van der Waals surface area contributed by atoms with E-state index >= 15 is 0 Å². The Hall–Kier alpha value is -4.46. The van der Waals surface area contributed by atoms with Crippen molar-refractivity contribution in [2.24, 2.45) is 0 Å². The van der Waals surface area contributed by atoms with E-state index in [-0.39, 0.29) is 17.7 Å². The molecule has 2 heterocycles. The van der Waals surface area contributed by atoms with Crippen LogP contribution in [-0.2, 0) is 6.54 Å². The molecule has 0 aliphatic carbocycles. The number of hydrogen-bond donors (Lipinski definition) is 1. The quantitative estimate of drug-likeness (QED) is 0.398. The summed E-state index contributed by atoms with van der Waals surface area (Å²) in [7, 11) is 1.59. The number of amides is 2. The predicted molar refractivity (Wildman–Crippen MR) is 129 cm³/mol. The highest BCUT2D eigenvalue weighted by atomic mass is 19.1. The van der Waals surface area contributed by atoms with Gasteiger partial charge in [-0.3, -0.25) is 4.90 Å². The molecule has 8 heteroatoms. The molecule has 0 spiro atoms. The molecule has 0 saturated heterocycles. The zero-order chi connectivity index (χ0) is 24.4. The Bertz CT molecular complexity index is 1400. The molecule has 3 aromatic carbocycles. The van der Waals surface area contributed by atoms with Crippen LogP contribution in [0.25, 0.3) is 17.0 Å². The van der Waals surface area contributed by atoms with Crippen LogP contribution in [0.5, 0.6) is 5.75 Å². The predicted octanol–water partition coefficient (Wildman–Crippen LogP) is 5.58. The molecule has 0 saturated carbocycles. The molecule has 7 nitrogen and oxygen atoms in total. The lowest BCUT2D eigenvalue weighted by Gasteiger charge is -2.35. The van der Waals surface area contributed by atoms with Gasteiger partial charge in [-0.15, -0.1) is 0 Å². The Morgan fingerprint density at radius 1 is 1.06 bits per heavy atom. The Kier molecular flexibility index (Phi) is 6.01. The third-order valence-corrected chi connectivity index (χ3v) is 5.95. The van der Waals surface area contributed by atoms with Gasteiger partial charge in [0, 0.05) is 11.3 Å². The van der Waals surface area contributed by atoms with Crippen LogP contribution in [0.4, 0.5) is 9.18 Å². The van der Waals surface area contributed by atoms with Crippen molar-refractivity contribution in [2.45, 2.75) is 19.5 Å². The molecule has 0 radical (unpaired) electrons. The minimum absolute atomic E-state index is 0.243. The maximum atomic E-state index is 13.8. The molecule has 35 heavy (non-hydrogen) atoms. The van der Waals surface area contributed by atoms with Gasteiger partial charge in [-0.1, -0.05) is 59.8 Å². The van der Waals surface area contributed by atoms with E-state index in [1.807, 2.05) is 61.5 Å². The Morgan fingerprint density at radius 2 is 1.86 bits per heavy atom. The molecule has 1 atom stereocenters. The minimum atomic E-state index is -0.551. The van der Waals surface area contributed by atoms with Crippen molar-refractivity contribution >= 4 is 11.6 Å². The van der Waals surface area contributed by atoms with E-state index in [1.54, 1.807) is 24.1 Å². The SMILES string of the molecule is COc1cccc(C2NC(=O)N(Cc3ccccc3)C(C)=C2c2nc(-c3cccc(F)c3)no2)c1. The summed E-state index contributed by atoms with van der Waals surface area (Å²) in [5, 5.41) is 7.16. The van der Waals surface area contributed by atoms with Gasteiger partial charge in [0.2, 0.25) is 5.82 Å². The lowest BCUT2D eigenvalue weighted by molar-refractivity contribution is 0.203. The summed E-state index contributed by atoms with van der Waals surface area (Å²) in [5.74, 6) is 0.771. The van der Waals surface area contributed by atoms with Crippen molar-refractivity contribution in [3.63, 3.8) is 0 Å². The third kappa shape index (κ3) is 4.50. The van der Waals surface area contributed by atoms with E-state index in [0.29, 0.717) is 29.1 Å². The van der Waals surface area contributed by atoms with Gasteiger partial charge < -0.3 is 14.6 Å². The molecule has 0 fully saturated rings. The first-order valence-electron chi connectivity index (χ1n) is 11.1. The van der Waals surface area contributed by atoms with Crippen LogP contribution in [0, 0.1) is 5.82 Å².